The topological polar surface area (TPSA) is 104 Å². The smallest absolute Gasteiger partial charge is 0.410 e. The molecule has 2 N–H and O–H groups in total. The Labute approximate surface area is 319 Å². The highest BCUT2D eigenvalue weighted by Gasteiger charge is 2.27. The van der Waals surface area contributed by atoms with Crippen LogP contribution in [0.3, 0.4) is 0 Å². The van der Waals surface area contributed by atoms with Crippen molar-refractivity contribution in [3.05, 3.63) is 48.6 Å². The van der Waals surface area contributed by atoms with Gasteiger partial charge < -0.3 is 19.8 Å². The Balaban J connectivity index is 4.64. The number of carboxylic acids is 2. The van der Waals surface area contributed by atoms with Gasteiger partial charge in [0, 0.05) is 13.1 Å². The lowest BCUT2D eigenvalue weighted by Crippen LogP contribution is -2.40. The number of unbranched alkanes of at least 4 members (excludes halogenated alkanes) is 14. The van der Waals surface area contributed by atoms with E-state index in [1.165, 1.54) is 56.3 Å². The first-order chi connectivity index (χ1) is 25.0. The molecule has 0 aromatic rings. The van der Waals surface area contributed by atoms with E-state index in [0.29, 0.717) is 25.7 Å². The van der Waals surface area contributed by atoms with Gasteiger partial charge in [0.2, 0.25) is 0 Å². The molecule has 0 fully saturated rings. The minimum atomic E-state index is -0.844. The molecular formula is C45H79NO6. The molecule has 2 atom stereocenters. The number of amides is 1. The van der Waals surface area contributed by atoms with E-state index in [0.717, 1.165) is 77.0 Å². The Kier molecular flexibility index (Phi) is 32.1. The average Bonchev–Trinajstić information content (AvgIpc) is 3.08. The van der Waals surface area contributed by atoms with Gasteiger partial charge in [-0.05, 0) is 111 Å². The summed E-state index contributed by atoms with van der Waals surface area (Å²) in [6.45, 7) is 10.3. The molecule has 0 bridgehead atoms. The van der Waals surface area contributed by atoms with Gasteiger partial charge in [0.05, 0.1) is 11.8 Å². The fourth-order valence-corrected chi connectivity index (χ4v) is 6.08. The second kappa shape index (κ2) is 34.0. The number of carbonyl (C=O) groups excluding carboxylic acids is 1. The van der Waals surface area contributed by atoms with E-state index < -0.39 is 35.5 Å². The van der Waals surface area contributed by atoms with Gasteiger partial charge in [-0.1, -0.05) is 127 Å². The van der Waals surface area contributed by atoms with Crippen LogP contribution >= 0.6 is 0 Å². The zero-order chi connectivity index (χ0) is 38.7. The van der Waals surface area contributed by atoms with Crippen LogP contribution in [0, 0.1) is 11.8 Å². The maximum atomic E-state index is 13.1. The molecule has 0 spiro atoms. The molecule has 0 rings (SSSR count). The summed E-state index contributed by atoms with van der Waals surface area (Å²) in [4.78, 5) is 38.9. The molecule has 7 heteroatoms. The summed E-state index contributed by atoms with van der Waals surface area (Å²) in [5, 5.41) is 19.9. The van der Waals surface area contributed by atoms with Gasteiger partial charge in [0.1, 0.15) is 5.60 Å². The van der Waals surface area contributed by atoms with E-state index in [9.17, 15) is 24.6 Å². The third kappa shape index (κ3) is 31.9. The number of hydrogen-bond acceptors (Lipinski definition) is 4. The number of hydrogen-bond donors (Lipinski definition) is 2. The number of rotatable bonds is 34. The number of ether oxygens (including phenoxy) is 1. The van der Waals surface area contributed by atoms with Crippen molar-refractivity contribution in [3.8, 4) is 0 Å². The van der Waals surface area contributed by atoms with E-state index in [1.54, 1.807) is 20.8 Å². The van der Waals surface area contributed by atoms with Gasteiger partial charge in [-0.3, -0.25) is 9.59 Å². The molecule has 0 saturated heterocycles. The number of carbonyl (C=O) groups is 3. The average molecular weight is 730 g/mol. The molecule has 1 amide bonds. The first-order valence-corrected chi connectivity index (χ1v) is 21.0. The SMILES string of the molecule is CCCCC/C=C\C/C=C\CCCCCCC(CCN(CCC(CCCCCC/C=C\C/C=C\CCCCC)C(=O)O)C(=O)OC(C)(C)C)C(=O)O. The molecular weight excluding hydrogens is 650 g/mol. The van der Waals surface area contributed by atoms with Crippen LogP contribution in [0.1, 0.15) is 189 Å². The van der Waals surface area contributed by atoms with Gasteiger partial charge in [0.15, 0.2) is 0 Å². The van der Waals surface area contributed by atoms with Crippen molar-refractivity contribution in [2.24, 2.45) is 11.8 Å². The quantitative estimate of drug-likeness (QED) is 0.0505. The van der Waals surface area contributed by atoms with Gasteiger partial charge in [-0.25, -0.2) is 4.79 Å². The summed E-state index contributed by atoms with van der Waals surface area (Å²) in [6, 6.07) is 0. The number of carboxylic acid groups (broad SMARTS) is 2. The van der Waals surface area contributed by atoms with Crippen LogP contribution in [0.5, 0.6) is 0 Å². The minimum absolute atomic E-state index is 0.234. The molecule has 0 aliphatic heterocycles. The van der Waals surface area contributed by atoms with Crippen LogP contribution < -0.4 is 0 Å². The summed E-state index contributed by atoms with van der Waals surface area (Å²) in [5.41, 5.74) is -0.700. The standard InChI is InChI=1S/C45H79NO6/c1-6-8-10-12-14-16-18-20-22-24-26-28-30-32-34-40(42(47)48)36-38-46(44(51)52-45(3,4)5)39-37-41(43(49)50)35-33-31-29-27-25-23-21-19-17-15-13-11-9-7-2/h14-17,20-23,40-41H,6-13,18-19,24-39H2,1-5H3,(H,47,48)(H,49,50)/b16-14-,17-15-,22-20-,23-21-. The van der Waals surface area contributed by atoms with Crippen LogP contribution in [-0.2, 0) is 14.3 Å². The summed E-state index contributed by atoms with van der Waals surface area (Å²) in [6.07, 6.45) is 41.3. The summed E-state index contributed by atoms with van der Waals surface area (Å²) < 4.78 is 5.63. The molecule has 0 aromatic heterocycles. The van der Waals surface area contributed by atoms with Crippen LogP contribution in [0.4, 0.5) is 4.79 Å². The van der Waals surface area contributed by atoms with Crippen molar-refractivity contribution in [3.63, 3.8) is 0 Å². The highest BCUT2D eigenvalue weighted by molar-refractivity contribution is 5.71. The maximum Gasteiger partial charge on any atom is 0.410 e. The molecule has 0 saturated carbocycles. The third-order valence-electron chi connectivity index (χ3n) is 9.35. The molecule has 0 aromatic carbocycles. The lowest BCUT2D eigenvalue weighted by Gasteiger charge is -2.29. The van der Waals surface area contributed by atoms with Crippen molar-refractivity contribution >= 4 is 18.0 Å². The largest absolute Gasteiger partial charge is 0.481 e. The predicted molar refractivity (Wildman–Crippen MR) is 219 cm³/mol. The predicted octanol–water partition coefficient (Wildman–Crippen LogP) is 13.3. The normalized spacial score (nSPS) is 13.5. The van der Waals surface area contributed by atoms with E-state index in [2.05, 4.69) is 62.5 Å². The number of allylic oxidation sites excluding steroid dienone is 8. The second-order valence-corrected chi connectivity index (χ2v) is 15.4. The minimum Gasteiger partial charge on any atom is -0.481 e. The van der Waals surface area contributed by atoms with Crippen LogP contribution in [0.15, 0.2) is 48.6 Å². The zero-order valence-corrected chi connectivity index (χ0v) is 34.1. The Hall–Kier alpha value is -2.83. The summed E-state index contributed by atoms with van der Waals surface area (Å²) >= 11 is 0. The summed E-state index contributed by atoms with van der Waals surface area (Å²) in [5.74, 6) is -2.79. The first kappa shape index (κ1) is 49.2. The second-order valence-electron chi connectivity index (χ2n) is 15.4. The highest BCUT2D eigenvalue weighted by atomic mass is 16.6. The van der Waals surface area contributed by atoms with Crippen molar-refractivity contribution in [1.82, 2.24) is 4.90 Å². The first-order valence-electron chi connectivity index (χ1n) is 21.0. The molecule has 300 valence electrons. The zero-order valence-electron chi connectivity index (χ0n) is 34.1. The molecule has 0 heterocycles. The van der Waals surface area contributed by atoms with E-state index in [1.807, 2.05) is 0 Å². The Morgan fingerprint density at radius 3 is 1.19 bits per heavy atom. The van der Waals surface area contributed by atoms with Crippen LogP contribution in [0.25, 0.3) is 0 Å². The van der Waals surface area contributed by atoms with E-state index >= 15 is 0 Å². The monoisotopic (exact) mass is 730 g/mol. The molecule has 7 nitrogen and oxygen atoms in total. The summed E-state index contributed by atoms with van der Waals surface area (Å²) in [7, 11) is 0. The van der Waals surface area contributed by atoms with Gasteiger partial charge in [-0.15, -0.1) is 0 Å². The van der Waals surface area contributed by atoms with Crippen LogP contribution in [-0.4, -0.2) is 51.8 Å². The van der Waals surface area contributed by atoms with Crippen molar-refractivity contribution < 1.29 is 29.3 Å². The molecule has 0 aliphatic rings. The Bertz CT molecular complexity index is 942. The van der Waals surface area contributed by atoms with Crippen molar-refractivity contribution in [1.29, 1.82) is 0 Å². The van der Waals surface area contributed by atoms with Crippen LogP contribution in [0.2, 0.25) is 0 Å². The molecule has 2 unspecified atom stereocenters. The molecule has 0 aliphatic carbocycles. The molecule has 52 heavy (non-hydrogen) atoms. The van der Waals surface area contributed by atoms with Crippen molar-refractivity contribution in [2.45, 2.75) is 194 Å². The van der Waals surface area contributed by atoms with Gasteiger partial charge in [-0.2, -0.15) is 0 Å². The van der Waals surface area contributed by atoms with E-state index in [-0.39, 0.29) is 13.1 Å². The van der Waals surface area contributed by atoms with Gasteiger partial charge in [0.25, 0.3) is 0 Å². The number of nitrogens with zero attached hydrogens (tertiary/aromatic N) is 1. The van der Waals surface area contributed by atoms with Gasteiger partial charge >= 0.3 is 18.0 Å². The number of aliphatic carboxylic acids is 2. The van der Waals surface area contributed by atoms with E-state index in [4.69, 9.17) is 4.74 Å². The fourth-order valence-electron chi connectivity index (χ4n) is 6.08. The highest BCUT2D eigenvalue weighted by Crippen LogP contribution is 2.21. The molecule has 0 radical (unpaired) electrons. The third-order valence-corrected chi connectivity index (χ3v) is 9.35. The van der Waals surface area contributed by atoms with Crippen molar-refractivity contribution in [2.75, 3.05) is 13.1 Å². The Morgan fingerprint density at radius 2 is 0.865 bits per heavy atom. The Morgan fingerprint density at radius 1 is 0.519 bits per heavy atom. The fraction of sp³-hybridized carbons (Fsp3) is 0.756. The maximum absolute atomic E-state index is 13.1. The lowest BCUT2D eigenvalue weighted by atomic mass is 9.96. The lowest BCUT2D eigenvalue weighted by molar-refractivity contribution is -0.143.